The number of hydrogen-bond donors (Lipinski definition) is 2. The first-order valence-corrected chi connectivity index (χ1v) is 8.62. The van der Waals surface area contributed by atoms with Crippen LogP contribution < -0.4 is 5.32 Å². The lowest BCUT2D eigenvalue weighted by Crippen LogP contribution is -2.61. The summed E-state index contributed by atoms with van der Waals surface area (Å²) in [5.41, 5.74) is 1.41. The van der Waals surface area contributed by atoms with Gasteiger partial charge in [-0.1, -0.05) is 15.9 Å². The van der Waals surface area contributed by atoms with E-state index >= 15 is 0 Å². The average molecular weight is 365 g/mol. The number of nitrogens with one attached hydrogen (secondary N) is 2. The van der Waals surface area contributed by atoms with Gasteiger partial charge < -0.3 is 5.32 Å². The van der Waals surface area contributed by atoms with Crippen LogP contribution in [-0.4, -0.2) is 39.3 Å². The highest BCUT2D eigenvalue weighted by Gasteiger charge is 2.43. The molecule has 1 aliphatic heterocycles. The molecular formula is C17H25BrN4. The van der Waals surface area contributed by atoms with Gasteiger partial charge in [-0.05, 0) is 65.8 Å². The zero-order chi connectivity index (χ0) is 16.1. The van der Waals surface area contributed by atoms with E-state index in [1.807, 2.05) is 0 Å². The Morgan fingerprint density at radius 1 is 1.23 bits per heavy atom. The maximum Gasteiger partial charge on any atom is 0.155 e. The number of nitrogens with zero attached hydrogens (tertiary/aromatic N) is 2. The highest BCUT2D eigenvalue weighted by molar-refractivity contribution is 9.10. The van der Waals surface area contributed by atoms with Gasteiger partial charge in [-0.25, -0.2) is 0 Å². The molecule has 1 fully saturated rings. The van der Waals surface area contributed by atoms with Gasteiger partial charge in [0.2, 0.25) is 0 Å². The zero-order valence-electron chi connectivity index (χ0n) is 14.0. The summed E-state index contributed by atoms with van der Waals surface area (Å²) >= 11 is 3.50. The van der Waals surface area contributed by atoms with Gasteiger partial charge in [0.1, 0.15) is 0 Å². The molecule has 1 saturated heterocycles. The Kier molecular flexibility index (Phi) is 3.76. The fourth-order valence-corrected chi connectivity index (χ4v) is 4.13. The van der Waals surface area contributed by atoms with E-state index in [-0.39, 0.29) is 11.1 Å². The molecule has 120 valence electrons. The van der Waals surface area contributed by atoms with E-state index in [0.29, 0.717) is 6.04 Å². The summed E-state index contributed by atoms with van der Waals surface area (Å²) in [7, 11) is 2.23. The lowest BCUT2D eigenvalue weighted by Gasteiger charge is -2.53. The normalized spacial score (nSPS) is 22.1. The Hall–Kier alpha value is -1.07. The van der Waals surface area contributed by atoms with Crippen molar-refractivity contribution in [2.75, 3.05) is 12.4 Å². The Morgan fingerprint density at radius 3 is 2.50 bits per heavy atom. The summed E-state index contributed by atoms with van der Waals surface area (Å²) < 4.78 is 1.07. The van der Waals surface area contributed by atoms with Gasteiger partial charge in [0.15, 0.2) is 5.82 Å². The third-order valence-electron chi connectivity index (χ3n) is 5.17. The Labute approximate surface area is 140 Å². The fraction of sp³-hybridized carbons (Fsp3) is 0.588. The molecule has 5 heteroatoms. The van der Waals surface area contributed by atoms with E-state index in [9.17, 15) is 0 Å². The Morgan fingerprint density at radius 2 is 1.86 bits per heavy atom. The number of halogens is 1. The second-order valence-electron chi connectivity index (χ2n) is 7.70. The molecule has 1 aromatic carbocycles. The molecule has 2 heterocycles. The van der Waals surface area contributed by atoms with Crippen LogP contribution >= 0.6 is 15.9 Å². The van der Waals surface area contributed by atoms with Gasteiger partial charge in [0.25, 0.3) is 0 Å². The molecule has 0 unspecified atom stereocenters. The zero-order valence-corrected chi connectivity index (χ0v) is 15.6. The van der Waals surface area contributed by atoms with Gasteiger partial charge in [0, 0.05) is 27.0 Å². The Balaban J connectivity index is 1.86. The summed E-state index contributed by atoms with van der Waals surface area (Å²) in [5, 5.41) is 12.4. The smallest absolute Gasteiger partial charge is 0.155 e. The van der Waals surface area contributed by atoms with Crippen LogP contribution in [0.4, 0.5) is 5.82 Å². The number of piperidine rings is 1. The summed E-state index contributed by atoms with van der Waals surface area (Å²) in [4.78, 5) is 2.50. The van der Waals surface area contributed by atoms with E-state index in [0.717, 1.165) is 34.0 Å². The van der Waals surface area contributed by atoms with Crippen LogP contribution in [0.5, 0.6) is 0 Å². The van der Waals surface area contributed by atoms with Crippen LogP contribution in [0.3, 0.4) is 0 Å². The first-order chi connectivity index (χ1) is 10.2. The number of fused-ring (bicyclic) bond motifs is 1. The molecule has 0 saturated carbocycles. The first-order valence-electron chi connectivity index (χ1n) is 7.83. The molecule has 4 nitrogen and oxygen atoms in total. The van der Waals surface area contributed by atoms with Gasteiger partial charge >= 0.3 is 0 Å². The van der Waals surface area contributed by atoms with Crippen molar-refractivity contribution in [3.63, 3.8) is 0 Å². The molecule has 0 radical (unpaired) electrons. The minimum atomic E-state index is 0.175. The molecule has 2 N–H and O–H groups in total. The monoisotopic (exact) mass is 364 g/mol. The van der Waals surface area contributed by atoms with Crippen molar-refractivity contribution < 1.29 is 0 Å². The standard InChI is InChI=1S/C17H25BrN4/c1-16(2)9-12(10-17(3,4)22(16)5)19-15-13-7-6-11(18)8-14(13)20-21-15/h6-8,12H,9-10H2,1-5H3,(H2,19,20,21). The maximum absolute atomic E-state index is 4.47. The number of anilines is 1. The van der Waals surface area contributed by atoms with E-state index in [1.165, 1.54) is 0 Å². The van der Waals surface area contributed by atoms with E-state index < -0.39 is 0 Å². The summed E-state index contributed by atoms with van der Waals surface area (Å²) in [6.07, 6.45) is 2.22. The molecule has 1 aromatic heterocycles. The quantitative estimate of drug-likeness (QED) is 0.830. The number of aromatic amines is 1. The third-order valence-corrected chi connectivity index (χ3v) is 5.67. The molecule has 0 amide bonds. The number of likely N-dealkylation sites (tertiary alicyclic amines) is 1. The second-order valence-corrected chi connectivity index (χ2v) is 8.61. The molecule has 3 rings (SSSR count). The van der Waals surface area contributed by atoms with E-state index in [1.54, 1.807) is 0 Å². The number of benzene rings is 1. The van der Waals surface area contributed by atoms with Crippen molar-refractivity contribution in [3.8, 4) is 0 Å². The van der Waals surface area contributed by atoms with Crippen LogP contribution in [0.2, 0.25) is 0 Å². The van der Waals surface area contributed by atoms with Crippen LogP contribution in [0.15, 0.2) is 22.7 Å². The van der Waals surface area contributed by atoms with E-state index in [4.69, 9.17) is 0 Å². The molecule has 22 heavy (non-hydrogen) atoms. The molecule has 0 atom stereocenters. The summed E-state index contributed by atoms with van der Waals surface area (Å²) in [5.74, 6) is 0.962. The van der Waals surface area contributed by atoms with E-state index in [2.05, 4.69) is 89.3 Å². The van der Waals surface area contributed by atoms with Gasteiger partial charge in [-0.3, -0.25) is 10.00 Å². The van der Waals surface area contributed by atoms with Gasteiger partial charge in [-0.15, -0.1) is 0 Å². The van der Waals surface area contributed by atoms with Crippen molar-refractivity contribution >= 4 is 32.7 Å². The highest BCUT2D eigenvalue weighted by atomic mass is 79.9. The van der Waals surface area contributed by atoms with Crippen LogP contribution in [0.1, 0.15) is 40.5 Å². The lowest BCUT2D eigenvalue weighted by atomic mass is 9.77. The fourth-order valence-electron chi connectivity index (χ4n) is 3.77. The Bertz CT molecular complexity index is 671. The van der Waals surface area contributed by atoms with Gasteiger partial charge in [-0.2, -0.15) is 5.10 Å². The number of aromatic nitrogens is 2. The first kappa shape index (κ1) is 15.8. The highest BCUT2D eigenvalue weighted by Crippen LogP contribution is 2.38. The molecule has 2 aromatic rings. The predicted octanol–water partition coefficient (Wildman–Crippen LogP) is 4.39. The molecule has 0 spiro atoms. The molecule has 0 aliphatic carbocycles. The molecular weight excluding hydrogens is 340 g/mol. The number of hydrogen-bond acceptors (Lipinski definition) is 3. The SMILES string of the molecule is CN1C(C)(C)CC(Nc2n[nH]c3cc(Br)ccc23)CC1(C)C. The van der Waals surface area contributed by atoms with Crippen molar-refractivity contribution in [1.29, 1.82) is 0 Å². The third kappa shape index (κ3) is 2.76. The largest absolute Gasteiger partial charge is 0.365 e. The summed E-state index contributed by atoms with van der Waals surface area (Å²) in [6, 6.07) is 6.66. The van der Waals surface area contributed by atoms with Crippen molar-refractivity contribution in [1.82, 2.24) is 15.1 Å². The predicted molar refractivity (Wildman–Crippen MR) is 96.4 cm³/mol. The van der Waals surface area contributed by atoms with Crippen LogP contribution in [0, 0.1) is 0 Å². The van der Waals surface area contributed by atoms with Crippen LogP contribution in [0.25, 0.3) is 10.9 Å². The minimum absolute atomic E-state index is 0.175. The van der Waals surface area contributed by atoms with Crippen molar-refractivity contribution in [2.45, 2.75) is 57.7 Å². The number of H-pyrrole nitrogens is 1. The average Bonchev–Trinajstić information content (AvgIpc) is 2.77. The van der Waals surface area contributed by atoms with Gasteiger partial charge in [0.05, 0.1) is 5.52 Å². The van der Waals surface area contributed by atoms with Crippen molar-refractivity contribution in [2.24, 2.45) is 0 Å². The van der Waals surface area contributed by atoms with Crippen molar-refractivity contribution in [3.05, 3.63) is 22.7 Å². The maximum atomic E-state index is 4.47. The molecule has 1 aliphatic rings. The topological polar surface area (TPSA) is 44.0 Å². The lowest BCUT2D eigenvalue weighted by molar-refractivity contribution is -0.00771. The second kappa shape index (κ2) is 5.24. The number of rotatable bonds is 2. The minimum Gasteiger partial charge on any atom is -0.365 e. The van der Waals surface area contributed by atoms with Crippen LogP contribution in [-0.2, 0) is 0 Å². The molecule has 0 bridgehead atoms. The summed E-state index contributed by atoms with van der Waals surface area (Å²) in [6.45, 7) is 9.29.